The van der Waals surface area contributed by atoms with E-state index < -0.39 is 12.0 Å². The third-order valence-electron chi connectivity index (χ3n) is 3.34. The van der Waals surface area contributed by atoms with Crippen LogP contribution in [0.3, 0.4) is 0 Å². The molecule has 0 aliphatic carbocycles. The Morgan fingerprint density at radius 3 is 2.58 bits per heavy atom. The van der Waals surface area contributed by atoms with Gasteiger partial charge >= 0.3 is 0 Å². The van der Waals surface area contributed by atoms with Crippen LogP contribution in [0.5, 0.6) is 5.75 Å². The molecule has 0 unspecified atom stereocenters. The fourth-order valence-electron chi connectivity index (χ4n) is 2.03. The molecular weight excluding hydrogens is 306 g/mol. The molecule has 1 atom stereocenters. The van der Waals surface area contributed by atoms with Crippen molar-refractivity contribution in [1.82, 2.24) is 5.32 Å². The highest BCUT2D eigenvalue weighted by Crippen LogP contribution is 2.13. The molecule has 0 aliphatic heterocycles. The Hall–Kier alpha value is -3.33. The minimum atomic E-state index is -0.697. The van der Waals surface area contributed by atoms with Gasteiger partial charge in [-0.3, -0.25) is 9.59 Å². The second-order valence-corrected chi connectivity index (χ2v) is 5.18. The predicted octanol–water partition coefficient (Wildman–Crippen LogP) is 1.74. The van der Waals surface area contributed by atoms with Gasteiger partial charge in [-0.25, -0.2) is 0 Å². The standard InChI is InChI=1S/C18H17N3O3/c1-12(24-16-7-5-13(10-19)6-8-16)18(23)21-11-14-3-2-4-15(9-14)17(20)22/h2-9,12H,11H2,1H3,(H2,20,22)(H,21,23)/t12-/m1/s1. The number of ether oxygens (including phenoxy) is 1. The van der Waals surface area contributed by atoms with Crippen molar-refractivity contribution in [3.8, 4) is 11.8 Å². The van der Waals surface area contributed by atoms with E-state index in [2.05, 4.69) is 5.32 Å². The van der Waals surface area contributed by atoms with Gasteiger partial charge in [-0.1, -0.05) is 12.1 Å². The minimum absolute atomic E-state index is 0.265. The van der Waals surface area contributed by atoms with E-state index in [1.807, 2.05) is 6.07 Å². The molecule has 0 heterocycles. The van der Waals surface area contributed by atoms with Crippen molar-refractivity contribution in [3.05, 3.63) is 65.2 Å². The number of nitrogens with one attached hydrogen (secondary N) is 1. The first-order valence-corrected chi connectivity index (χ1v) is 7.33. The Kier molecular flexibility index (Phi) is 5.53. The van der Waals surface area contributed by atoms with Crippen LogP contribution in [0.25, 0.3) is 0 Å². The number of hydrogen-bond acceptors (Lipinski definition) is 4. The lowest BCUT2D eigenvalue weighted by molar-refractivity contribution is -0.127. The van der Waals surface area contributed by atoms with Gasteiger partial charge in [0, 0.05) is 12.1 Å². The number of benzene rings is 2. The van der Waals surface area contributed by atoms with Crippen molar-refractivity contribution in [2.45, 2.75) is 19.6 Å². The average molecular weight is 323 g/mol. The fourth-order valence-corrected chi connectivity index (χ4v) is 2.03. The zero-order chi connectivity index (χ0) is 17.5. The van der Waals surface area contributed by atoms with Gasteiger partial charge in [0.05, 0.1) is 11.6 Å². The van der Waals surface area contributed by atoms with Crippen molar-refractivity contribution in [2.24, 2.45) is 5.73 Å². The summed E-state index contributed by atoms with van der Waals surface area (Å²) in [5, 5.41) is 11.5. The summed E-state index contributed by atoms with van der Waals surface area (Å²) >= 11 is 0. The van der Waals surface area contributed by atoms with Gasteiger partial charge < -0.3 is 15.8 Å². The molecule has 0 radical (unpaired) electrons. The van der Waals surface area contributed by atoms with Gasteiger partial charge in [0.25, 0.3) is 5.91 Å². The maximum absolute atomic E-state index is 12.1. The molecule has 0 aromatic heterocycles. The van der Waals surface area contributed by atoms with E-state index in [-0.39, 0.29) is 12.5 Å². The molecule has 0 aliphatic rings. The molecular formula is C18H17N3O3. The van der Waals surface area contributed by atoms with E-state index >= 15 is 0 Å². The highest BCUT2D eigenvalue weighted by Gasteiger charge is 2.14. The molecule has 2 aromatic carbocycles. The molecule has 0 fully saturated rings. The van der Waals surface area contributed by atoms with Crippen LogP contribution in [0, 0.1) is 11.3 Å². The smallest absolute Gasteiger partial charge is 0.261 e. The summed E-state index contributed by atoms with van der Waals surface area (Å²) < 4.78 is 5.53. The van der Waals surface area contributed by atoms with Crippen LogP contribution in [-0.2, 0) is 11.3 Å². The number of carbonyl (C=O) groups excluding carboxylic acids is 2. The first kappa shape index (κ1) is 17.0. The van der Waals surface area contributed by atoms with Crippen LogP contribution in [0.15, 0.2) is 48.5 Å². The lowest BCUT2D eigenvalue weighted by atomic mass is 10.1. The van der Waals surface area contributed by atoms with E-state index in [0.717, 1.165) is 5.56 Å². The molecule has 122 valence electrons. The van der Waals surface area contributed by atoms with Gasteiger partial charge in [-0.15, -0.1) is 0 Å². The molecule has 0 saturated heterocycles. The van der Waals surface area contributed by atoms with E-state index in [0.29, 0.717) is 16.9 Å². The molecule has 2 amide bonds. The Morgan fingerprint density at radius 2 is 1.96 bits per heavy atom. The monoisotopic (exact) mass is 323 g/mol. The molecule has 0 bridgehead atoms. The van der Waals surface area contributed by atoms with E-state index in [4.69, 9.17) is 15.7 Å². The zero-order valence-electron chi connectivity index (χ0n) is 13.2. The number of nitrogens with zero attached hydrogens (tertiary/aromatic N) is 1. The summed E-state index contributed by atoms with van der Waals surface area (Å²) in [6, 6.07) is 15.3. The van der Waals surface area contributed by atoms with Crippen molar-refractivity contribution in [2.75, 3.05) is 0 Å². The van der Waals surface area contributed by atoms with Crippen molar-refractivity contribution in [1.29, 1.82) is 5.26 Å². The van der Waals surface area contributed by atoms with Crippen LogP contribution in [0.2, 0.25) is 0 Å². The van der Waals surface area contributed by atoms with Gasteiger partial charge in [0.1, 0.15) is 5.75 Å². The van der Waals surface area contributed by atoms with Gasteiger partial charge in [-0.2, -0.15) is 5.26 Å². The third kappa shape index (κ3) is 4.58. The molecule has 0 spiro atoms. The lowest BCUT2D eigenvalue weighted by Gasteiger charge is -2.15. The quantitative estimate of drug-likeness (QED) is 0.844. The first-order chi connectivity index (χ1) is 11.5. The van der Waals surface area contributed by atoms with Crippen molar-refractivity contribution < 1.29 is 14.3 Å². The predicted molar refractivity (Wildman–Crippen MR) is 88.1 cm³/mol. The van der Waals surface area contributed by atoms with Crippen LogP contribution in [0.1, 0.15) is 28.4 Å². The summed E-state index contributed by atoms with van der Waals surface area (Å²) in [6.45, 7) is 1.90. The van der Waals surface area contributed by atoms with Crippen LogP contribution in [0.4, 0.5) is 0 Å². The minimum Gasteiger partial charge on any atom is -0.481 e. The first-order valence-electron chi connectivity index (χ1n) is 7.33. The maximum Gasteiger partial charge on any atom is 0.261 e. The normalized spacial score (nSPS) is 11.2. The molecule has 6 nitrogen and oxygen atoms in total. The van der Waals surface area contributed by atoms with Gasteiger partial charge in [-0.05, 0) is 48.9 Å². The van der Waals surface area contributed by atoms with Crippen molar-refractivity contribution >= 4 is 11.8 Å². The largest absolute Gasteiger partial charge is 0.481 e. The number of hydrogen-bond donors (Lipinski definition) is 2. The molecule has 2 rings (SSSR count). The van der Waals surface area contributed by atoms with E-state index in [9.17, 15) is 9.59 Å². The number of amides is 2. The van der Waals surface area contributed by atoms with Gasteiger partial charge in [0.2, 0.25) is 5.91 Å². The third-order valence-corrected chi connectivity index (χ3v) is 3.34. The second-order valence-electron chi connectivity index (χ2n) is 5.18. The molecule has 0 saturated carbocycles. The van der Waals surface area contributed by atoms with E-state index in [1.54, 1.807) is 55.5 Å². The summed E-state index contributed by atoms with van der Waals surface area (Å²) in [6.07, 6.45) is -0.697. The lowest BCUT2D eigenvalue weighted by Crippen LogP contribution is -2.35. The fraction of sp³-hybridized carbons (Fsp3) is 0.167. The molecule has 2 aromatic rings. The Labute approximate surface area is 139 Å². The number of carbonyl (C=O) groups is 2. The number of nitrogens with two attached hydrogens (primary N) is 1. The summed E-state index contributed by atoms with van der Waals surface area (Å²) in [4.78, 5) is 23.2. The number of rotatable bonds is 6. The Morgan fingerprint density at radius 1 is 1.25 bits per heavy atom. The highest BCUT2D eigenvalue weighted by molar-refractivity contribution is 5.92. The number of primary amides is 1. The second kappa shape index (κ2) is 7.79. The zero-order valence-corrected chi connectivity index (χ0v) is 13.2. The molecule has 3 N–H and O–H groups in total. The van der Waals surface area contributed by atoms with Crippen LogP contribution < -0.4 is 15.8 Å². The SMILES string of the molecule is C[C@@H](Oc1ccc(C#N)cc1)C(=O)NCc1cccc(C(N)=O)c1. The molecule has 24 heavy (non-hydrogen) atoms. The van der Waals surface area contributed by atoms with Gasteiger partial charge in [0.15, 0.2) is 6.10 Å². The topological polar surface area (TPSA) is 105 Å². The summed E-state index contributed by atoms with van der Waals surface area (Å²) in [5.41, 5.74) is 6.91. The Balaban J connectivity index is 1.90. The summed E-state index contributed by atoms with van der Waals surface area (Å²) in [5.74, 6) is -0.295. The van der Waals surface area contributed by atoms with Crippen LogP contribution in [-0.4, -0.2) is 17.9 Å². The van der Waals surface area contributed by atoms with Crippen molar-refractivity contribution in [3.63, 3.8) is 0 Å². The number of nitriles is 1. The van der Waals surface area contributed by atoms with E-state index in [1.165, 1.54) is 0 Å². The maximum atomic E-state index is 12.1. The average Bonchev–Trinajstić information content (AvgIpc) is 2.60. The highest BCUT2D eigenvalue weighted by atomic mass is 16.5. The van der Waals surface area contributed by atoms with Crippen LogP contribution >= 0.6 is 0 Å². The summed E-state index contributed by atoms with van der Waals surface area (Å²) in [7, 11) is 0. The molecule has 6 heteroatoms. The Bertz CT molecular complexity index is 779.